The van der Waals surface area contributed by atoms with Crippen LogP contribution in [-0.2, 0) is 0 Å². The van der Waals surface area contributed by atoms with Gasteiger partial charge in [0, 0.05) is 6.54 Å². The van der Waals surface area contributed by atoms with Crippen LogP contribution in [0.5, 0.6) is 0 Å². The van der Waals surface area contributed by atoms with E-state index in [9.17, 15) is 9.90 Å². The van der Waals surface area contributed by atoms with Gasteiger partial charge in [-0.25, -0.2) is 4.68 Å². The van der Waals surface area contributed by atoms with E-state index >= 15 is 0 Å². The summed E-state index contributed by atoms with van der Waals surface area (Å²) in [5.74, 6) is -0.238. The Balaban J connectivity index is 0.00000243. The number of amides is 1. The van der Waals surface area contributed by atoms with Gasteiger partial charge >= 0.3 is 0 Å². The molecular formula is C18H26ClN5O2. The molecule has 1 saturated heterocycles. The molecular weight excluding hydrogens is 354 g/mol. The Bertz CT molecular complexity index is 701. The molecule has 1 amide bonds. The molecule has 0 radical (unpaired) electrons. The molecule has 0 aliphatic carbocycles. The summed E-state index contributed by atoms with van der Waals surface area (Å²) in [6.07, 6.45) is 1.85. The molecule has 1 aromatic heterocycles. The van der Waals surface area contributed by atoms with Crippen LogP contribution >= 0.6 is 12.4 Å². The van der Waals surface area contributed by atoms with Crippen LogP contribution in [0.1, 0.15) is 53.2 Å². The lowest BCUT2D eigenvalue weighted by Crippen LogP contribution is -2.30. The summed E-state index contributed by atoms with van der Waals surface area (Å²) in [4.78, 5) is 12.4. The van der Waals surface area contributed by atoms with Crippen molar-refractivity contribution in [2.24, 2.45) is 0 Å². The fraction of sp³-hybridized carbons (Fsp3) is 0.500. The Hall–Kier alpha value is -1.96. The molecule has 26 heavy (non-hydrogen) atoms. The highest BCUT2D eigenvalue weighted by molar-refractivity contribution is 5.93. The van der Waals surface area contributed by atoms with Crippen LogP contribution in [0.3, 0.4) is 0 Å². The van der Waals surface area contributed by atoms with Crippen molar-refractivity contribution < 1.29 is 9.90 Å². The first-order valence-electron chi connectivity index (χ1n) is 8.80. The van der Waals surface area contributed by atoms with Gasteiger partial charge in [0.15, 0.2) is 5.69 Å². The van der Waals surface area contributed by atoms with E-state index in [1.165, 1.54) is 0 Å². The molecule has 1 fully saturated rings. The smallest absolute Gasteiger partial charge is 0.273 e. The van der Waals surface area contributed by atoms with Gasteiger partial charge in [0.05, 0.1) is 17.8 Å². The highest BCUT2D eigenvalue weighted by atomic mass is 35.5. The van der Waals surface area contributed by atoms with Crippen LogP contribution in [0.4, 0.5) is 0 Å². The molecule has 1 aliphatic heterocycles. The van der Waals surface area contributed by atoms with Crippen molar-refractivity contribution in [1.82, 2.24) is 25.6 Å². The number of hydrogen-bond donors (Lipinski definition) is 3. The average Bonchev–Trinajstić information content (AvgIpc) is 3.04. The van der Waals surface area contributed by atoms with Crippen LogP contribution in [0.2, 0.25) is 0 Å². The van der Waals surface area contributed by atoms with Gasteiger partial charge in [-0.05, 0) is 44.8 Å². The Labute approximate surface area is 159 Å². The lowest BCUT2D eigenvalue weighted by Gasteiger charge is -2.23. The summed E-state index contributed by atoms with van der Waals surface area (Å²) in [7, 11) is 0. The molecule has 1 aromatic carbocycles. The van der Waals surface area contributed by atoms with E-state index in [4.69, 9.17) is 0 Å². The monoisotopic (exact) mass is 379 g/mol. The third-order valence-electron chi connectivity index (χ3n) is 4.68. The normalized spacial score (nSPS) is 15.9. The first-order valence-corrected chi connectivity index (χ1v) is 8.80. The summed E-state index contributed by atoms with van der Waals surface area (Å²) < 4.78 is 1.87. The molecule has 1 atom stereocenters. The Kier molecular flexibility index (Phi) is 7.56. The van der Waals surface area contributed by atoms with Gasteiger partial charge in [-0.1, -0.05) is 35.5 Å². The van der Waals surface area contributed by atoms with Gasteiger partial charge in [0.25, 0.3) is 5.91 Å². The van der Waals surface area contributed by atoms with Crippen LogP contribution in [0.15, 0.2) is 30.3 Å². The number of carbonyl (C=O) groups excluding carboxylic acids is 1. The lowest BCUT2D eigenvalue weighted by molar-refractivity contribution is 0.0937. The summed E-state index contributed by atoms with van der Waals surface area (Å²) in [6.45, 7) is 4.19. The van der Waals surface area contributed by atoms with Crippen molar-refractivity contribution in [3.05, 3.63) is 47.3 Å². The highest BCUT2D eigenvalue weighted by Gasteiger charge is 2.22. The molecule has 2 aromatic rings. The van der Waals surface area contributed by atoms with E-state index in [2.05, 4.69) is 20.9 Å². The van der Waals surface area contributed by atoms with E-state index < -0.39 is 6.10 Å². The first kappa shape index (κ1) is 20.4. The third-order valence-corrected chi connectivity index (χ3v) is 4.68. The van der Waals surface area contributed by atoms with Crippen molar-refractivity contribution in [2.45, 2.75) is 38.3 Å². The van der Waals surface area contributed by atoms with Crippen molar-refractivity contribution in [3.8, 4) is 0 Å². The Morgan fingerprint density at radius 1 is 1.35 bits per heavy atom. The number of benzene rings is 1. The molecule has 2 heterocycles. The zero-order valence-corrected chi connectivity index (χ0v) is 15.7. The maximum absolute atomic E-state index is 12.4. The average molecular weight is 380 g/mol. The van der Waals surface area contributed by atoms with Crippen molar-refractivity contribution in [3.63, 3.8) is 0 Å². The zero-order chi connectivity index (χ0) is 17.6. The SMILES string of the molecule is Cc1c(C(=O)NCCC(O)c2ccccc2)nnn1C1CCNCC1.Cl. The molecule has 0 bridgehead atoms. The standard InChI is InChI=1S/C18H25N5O2.ClH/c1-13-17(21-22-23(13)15-7-10-19-11-8-15)18(25)20-12-9-16(24)14-5-3-2-4-6-14;/h2-6,15-16,19,24H,7-12H2,1H3,(H,20,25);1H. The second kappa shape index (κ2) is 9.66. The zero-order valence-electron chi connectivity index (χ0n) is 14.9. The Morgan fingerprint density at radius 2 is 2.04 bits per heavy atom. The number of aromatic nitrogens is 3. The number of carbonyl (C=O) groups is 1. The number of rotatable bonds is 6. The molecule has 1 unspecified atom stereocenters. The van der Waals surface area contributed by atoms with E-state index in [1.807, 2.05) is 41.9 Å². The van der Waals surface area contributed by atoms with Crippen molar-refractivity contribution in [1.29, 1.82) is 0 Å². The number of piperidine rings is 1. The number of nitrogens with one attached hydrogen (secondary N) is 2. The minimum absolute atomic E-state index is 0. The van der Waals surface area contributed by atoms with E-state index in [0.29, 0.717) is 24.7 Å². The summed E-state index contributed by atoms with van der Waals surface area (Å²) in [6, 6.07) is 9.74. The minimum Gasteiger partial charge on any atom is -0.388 e. The molecule has 3 rings (SSSR count). The van der Waals surface area contributed by atoms with E-state index in [1.54, 1.807) is 0 Å². The van der Waals surface area contributed by atoms with Crippen molar-refractivity contribution >= 4 is 18.3 Å². The number of halogens is 1. The number of hydrogen-bond acceptors (Lipinski definition) is 5. The third kappa shape index (κ3) is 4.81. The van der Waals surface area contributed by atoms with E-state index in [0.717, 1.165) is 37.2 Å². The second-order valence-electron chi connectivity index (χ2n) is 6.42. The highest BCUT2D eigenvalue weighted by Crippen LogP contribution is 2.20. The van der Waals surface area contributed by atoms with E-state index in [-0.39, 0.29) is 18.3 Å². The fourth-order valence-corrected chi connectivity index (χ4v) is 3.20. The second-order valence-corrected chi connectivity index (χ2v) is 6.42. The number of nitrogens with zero attached hydrogens (tertiary/aromatic N) is 3. The summed E-state index contributed by atoms with van der Waals surface area (Å²) in [5, 5.41) is 24.5. The Morgan fingerprint density at radius 3 is 2.73 bits per heavy atom. The van der Waals surface area contributed by atoms with Gasteiger partial charge in [-0.3, -0.25) is 4.79 Å². The van der Waals surface area contributed by atoms with Crippen LogP contribution < -0.4 is 10.6 Å². The number of aliphatic hydroxyl groups is 1. The maximum atomic E-state index is 12.4. The van der Waals surface area contributed by atoms with Gasteiger partial charge in [0.1, 0.15) is 0 Å². The quantitative estimate of drug-likeness (QED) is 0.711. The van der Waals surface area contributed by atoms with Crippen LogP contribution in [0.25, 0.3) is 0 Å². The predicted octanol–water partition coefficient (Wildman–Crippen LogP) is 1.79. The van der Waals surface area contributed by atoms with Crippen LogP contribution in [-0.4, -0.2) is 45.6 Å². The van der Waals surface area contributed by atoms with Gasteiger partial charge in [-0.2, -0.15) is 0 Å². The number of aliphatic hydroxyl groups excluding tert-OH is 1. The largest absolute Gasteiger partial charge is 0.388 e. The maximum Gasteiger partial charge on any atom is 0.273 e. The predicted molar refractivity (Wildman–Crippen MR) is 101 cm³/mol. The fourth-order valence-electron chi connectivity index (χ4n) is 3.20. The molecule has 0 saturated carbocycles. The summed E-state index contributed by atoms with van der Waals surface area (Å²) >= 11 is 0. The molecule has 0 spiro atoms. The lowest BCUT2D eigenvalue weighted by atomic mass is 10.1. The van der Waals surface area contributed by atoms with Crippen LogP contribution in [0, 0.1) is 6.92 Å². The molecule has 7 nitrogen and oxygen atoms in total. The molecule has 8 heteroatoms. The van der Waals surface area contributed by atoms with Gasteiger partial charge in [0.2, 0.25) is 0 Å². The van der Waals surface area contributed by atoms with Gasteiger partial charge in [-0.15, -0.1) is 17.5 Å². The minimum atomic E-state index is -0.590. The summed E-state index contributed by atoms with van der Waals surface area (Å²) in [5.41, 5.74) is 2.02. The first-order chi connectivity index (χ1) is 12.2. The van der Waals surface area contributed by atoms with Crippen molar-refractivity contribution in [2.75, 3.05) is 19.6 Å². The molecule has 1 aliphatic rings. The molecule has 142 valence electrons. The molecule has 3 N–H and O–H groups in total. The van der Waals surface area contributed by atoms with Gasteiger partial charge < -0.3 is 15.7 Å². The topological polar surface area (TPSA) is 92.1 Å².